The van der Waals surface area contributed by atoms with E-state index < -0.39 is 15.6 Å². The molecule has 0 unspecified atom stereocenters. The Morgan fingerprint density at radius 2 is 2.17 bits per heavy atom. The molecule has 18 heavy (non-hydrogen) atoms. The Morgan fingerprint density at radius 1 is 1.50 bits per heavy atom. The zero-order valence-corrected chi connectivity index (χ0v) is 12.2. The molecule has 0 saturated heterocycles. The zero-order chi connectivity index (χ0) is 13.8. The van der Waals surface area contributed by atoms with Crippen molar-refractivity contribution in [1.29, 1.82) is 5.26 Å². The van der Waals surface area contributed by atoms with E-state index in [-0.39, 0.29) is 10.8 Å². The maximum atomic E-state index is 11.9. The third-order valence-electron chi connectivity index (χ3n) is 2.18. The SMILES string of the molecule is CCOC(C)(C)CNS(=O)(=O)c1ccc(C#N)s1. The van der Waals surface area contributed by atoms with Gasteiger partial charge in [-0.3, -0.25) is 0 Å². The number of rotatable bonds is 6. The average molecular weight is 288 g/mol. The lowest BCUT2D eigenvalue weighted by Gasteiger charge is -2.24. The Hall–Kier alpha value is -0.940. The first kappa shape index (κ1) is 15.1. The van der Waals surface area contributed by atoms with Crippen molar-refractivity contribution in [3.63, 3.8) is 0 Å². The van der Waals surface area contributed by atoms with Crippen LogP contribution in [0.3, 0.4) is 0 Å². The van der Waals surface area contributed by atoms with E-state index in [1.807, 2.05) is 26.8 Å². The van der Waals surface area contributed by atoms with Crippen molar-refractivity contribution in [3.8, 4) is 6.07 Å². The minimum absolute atomic E-state index is 0.145. The van der Waals surface area contributed by atoms with Gasteiger partial charge >= 0.3 is 0 Å². The summed E-state index contributed by atoms with van der Waals surface area (Å²) < 4.78 is 31.9. The van der Waals surface area contributed by atoms with E-state index in [1.165, 1.54) is 12.1 Å². The Balaban J connectivity index is 2.75. The Kier molecular flexibility index (Phi) is 4.87. The summed E-state index contributed by atoms with van der Waals surface area (Å²) in [6.45, 7) is 6.19. The minimum atomic E-state index is -3.56. The van der Waals surface area contributed by atoms with E-state index in [0.29, 0.717) is 11.5 Å². The van der Waals surface area contributed by atoms with Gasteiger partial charge in [-0.25, -0.2) is 13.1 Å². The third kappa shape index (κ3) is 4.07. The molecule has 0 aromatic carbocycles. The second kappa shape index (κ2) is 5.80. The molecule has 0 spiro atoms. The van der Waals surface area contributed by atoms with Crippen LogP contribution >= 0.6 is 11.3 Å². The molecule has 5 nitrogen and oxygen atoms in total. The number of ether oxygens (including phenoxy) is 1. The molecule has 0 fully saturated rings. The average Bonchev–Trinajstić information content (AvgIpc) is 2.76. The van der Waals surface area contributed by atoms with Gasteiger partial charge in [-0.2, -0.15) is 5.26 Å². The predicted octanol–water partition coefficient (Wildman–Crippen LogP) is 1.71. The molecular formula is C11H16N2O3S2. The van der Waals surface area contributed by atoms with Gasteiger partial charge in [-0.05, 0) is 32.9 Å². The van der Waals surface area contributed by atoms with Gasteiger partial charge in [0.15, 0.2) is 0 Å². The summed E-state index contributed by atoms with van der Waals surface area (Å²) in [6, 6.07) is 4.84. The summed E-state index contributed by atoms with van der Waals surface area (Å²) in [4.78, 5) is 0.374. The van der Waals surface area contributed by atoms with E-state index in [1.54, 1.807) is 0 Å². The fourth-order valence-electron chi connectivity index (χ4n) is 1.31. The smallest absolute Gasteiger partial charge is 0.250 e. The highest BCUT2D eigenvalue weighted by molar-refractivity contribution is 7.91. The van der Waals surface area contributed by atoms with Crippen LogP contribution in [0, 0.1) is 11.3 Å². The summed E-state index contributed by atoms with van der Waals surface area (Å²) >= 11 is 0.951. The van der Waals surface area contributed by atoms with Crippen LogP contribution in [0.25, 0.3) is 0 Å². The number of sulfonamides is 1. The molecule has 7 heteroatoms. The molecule has 1 rings (SSSR count). The fraction of sp³-hybridized carbons (Fsp3) is 0.545. The summed E-state index contributed by atoms with van der Waals surface area (Å²) in [7, 11) is -3.56. The molecule has 0 aliphatic carbocycles. The fourth-order valence-corrected chi connectivity index (χ4v) is 3.65. The maximum absolute atomic E-state index is 11.9. The second-order valence-corrected chi connectivity index (χ2v) is 7.33. The largest absolute Gasteiger partial charge is 0.375 e. The normalized spacial score (nSPS) is 12.3. The highest BCUT2D eigenvalue weighted by atomic mass is 32.2. The topological polar surface area (TPSA) is 79.2 Å². The summed E-state index contributed by atoms with van der Waals surface area (Å²) in [5, 5.41) is 8.67. The molecule has 100 valence electrons. The number of nitriles is 1. The van der Waals surface area contributed by atoms with E-state index in [0.717, 1.165) is 11.3 Å². The van der Waals surface area contributed by atoms with Gasteiger partial charge < -0.3 is 4.74 Å². The standard InChI is InChI=1S/C11H16N2O3S2/c1-4-16-11(2,3)8-13-18(14,15)10-6-5-9(7-12)17-10/h5-6,13H,4,8H2,1-3H3. The van der Waals surface area contributed by atoms with Crippen LogP contribution in [0.5, 0.6) is 0 Å². The molecule has 0 saturated carbocycles. The molecule has 1 aromatic heterocycles. The first-order chi connectivity index (χ1) is 8.30. The number of hydrogen-bond acceptors (Lipinski definition) is 5. The Morgan fingerprint density at radius 3 is 2.67 bits per heavy atom. The molecule has 1 N–H and O–H groups in total. The number of hydrogen-bond donors (Lipinski definition) is 1. The minimum Gasteiger partial charge on any atom is -0.375 e. The lowest BCUT2D eigenvalue weighted by molar-refractivity contribution is -0.00514. The number of nitrogens with one attached hydrogen (secondary N) is 1. The zero-order valence-electron chi connectivity index (χ0n) is 10.6. The van der Waals surface area contributed by atoms with Crippen molar-refractivity contribution in [3.05, 3.63) is 17.0 Å². The molecule has 1 aromatic rings. The van der Waals surface area contributed by atoms with Crippen molar-refractivity contribution in [2.75, 3.05) is 13.2 Å². The number of thiophene rings is 1. The first-order valence-electron chi connectivity index (χ1n) is 5.44. The van der Waals surface area contributed by atoms with E-state index in [9.17, 15) is 8.42 Å². The van der Waals surface area contributed by atoms with Gasteiger partial charge in [0.05, 0.1) is 5.60 Å². The van der Waals surface area contributed by atoms with Gasteiger partial charge in [-0.1, -0.05) is 0 Å². The Labute approximate surface area is 111 Å². The summed E-state index contributed by atoms with van der Waals surface area (Å²) in [6.07, 6.45) is 0. The molecule has 0 aliphatic heterocycles. The van der Waals surface area contributed by atoms with Crippen molar-refractivity contribution >= 4 is 21.4 Å². The van der Waals surface area contributed by atoms with Gasteiger partial charge in [0.25, 0.3) is 0 Å². The molecule has 1 heterocycles. The van der Waals surface area contributed by atoms with Gasteiger partial charge in [-0.15, -0.1) is 11.3 Å². The highest BCUT2D eigenvalue weighted by Gasteiger charge is 2.23. The number of nitrogens with zero attached hydrogens (tertiary/aromatic N) is 1. The summed E-state index contributed by atoms with van der Waals surface area (Å²) in [5.74, 6) is 0. The van der Waals surface area contributed by atoms with Crippen molar-refractivity contribution in [2.24, 2.45) is 0 Å². The van der Waals surface area contributed by atoms with Crippen molar-refractivity contribution < 1.29 is 13.2 Å². The monoisotopic (exact) mass is 288 g/mol. The summed E-state index contributed by atoms with van der Waals surface area (Å²) in [5.41, 5.74) is -0.558. The lowest BCUT2D eigenvalue weighted by atomic mass is 10.1. The molecule has 0 aliphatic rings. The molecule has 0 atom stereocenters. The van der Waals surface area contributed by atoms with Crippen LogP contribution in [-0.2, 0) is 14.8 Å². The second-order valence-electron chi connectivity index (χ2n) is 4.25. The third-order valence-corrected chi connectivity index (χ3v) is 5.06. The van der Waals surface area contributed by atoms with Gasteiger partial charge in [0, 0.05) is 13.2 Å². The molecule has 0 radical (unpaired) electrons. The van der Waals surface area contributed by atoms with Crippen molar-refractivity contribution in [2.45, 2.75) is 30.6 Å². The van der Waals surface area contributed by atoms with Gasteiger partial charge in [0.1, 0.15) is 15.2 Å². The van der Waals surface area contributed by atoms with Crippen LogP contribution in [0.2, 0.25) is 0 Å². The van der Waals surface area contributed by atoms with E-state index >= 15 is 0 Å². The van der Waals surface area contributed by atoms with E-state index in [4.69, 9.17) is 10.00 Å². The van der Waals surface area contributed by atoms with Crippen LogP contribution < -0.4 is 4.72 Å². The van der Waals surface area contributed by atoms with Crippen LogP contribution in [0.4, 0.5) is 0 Å². The van der Waals surface area contributed by atoms with E-state index in [2.05, 4.69) is 4.72 Å². The molecule has 0 bridgehead atoms. The lowest BCUT2D eigenvalue weighted by Crippen LogP contribution is -2.40. The van der Waals surface area contributed by atoms with Gasteiger partial charge in [0.2, 0.25) is 10.0 Å². The first-order valence-corrected chi connectivity index (χ1v) is 7.74. The maximum Gasteiger partial charge on any atom is 0.250 e. The van der Waals surface area contributed by atoms with Crippen LogP contribution in [-0.4, -0.2) is 27.2 Å². The van der Waals surface area contributed by atoms with Crippen LogP contribution in [0.15, 0.2) is 16.3 Å². The van der Waals surface area contributed by atoms with Crippen LogP contribution in [0.1, 0.15) is 25.6 Å². The quantitative estimate of drug-likeness (QED) is 0.864. The molecular weight excluding hydrogens is 272 g/mol. The highest BCUT2D eigenvalue weighted by Crippen LogP contribution is 2.21. The van der Waals surface area contributed by atoms with Crippen molar-refractivity contribution in [1.82, 2.24) is 4.72 Å². The predicted molar refractivity (Wildman–Crippen MR) is 69.9 cm³/mol. The molecule has 0 amide bonds. The Bertz CT molecular complexity index is 541.